The highest BCUT2D eigenvalue weighted by Crippen LogP contribution is 2.29. The number of aliphatic carboxylic acids is 1. The lowest BCUT2D eigenvalue weighted by Crippen LogP contribution is -2.13. The Morgan fingerprint density at radius 3 is 1.76 bits per heavy atom. The number of carbonyl (C=O) groups is 2. The summed E-state index contributed by atoms with van der Waals surface area (Å²) in [6.07, 6.45) is 4.17. The predicted molar refractivity (Wildman–Crippen MR) is 185 cm³/mol. The molecule has 0 radical (unpaired) electrons. The standard InChI is InChI=1S/C40H50N2O3/c1-7-37-36(26-35(42(37)8-2)10-9-11-38(43)44)40(45)33-20-22-34(23-21-33)41-39(31-16-12-29(13-17-31)24-27(3)4)32-18-14-30(15-19-32)25-28(5)6/h12-23,26-28,39,41H,7-11,24-25H2,1-6H3,(H,43,44). The van der Waals surface area contributed by atoms with E-state index >= 15 is 0 Å². The van der Waals surface area contributed by atoms with Gasteiger partial charge in [-0.25, -0.2) is 0 Å². The first kappa shape index (κ1) is 33.8. The number of nitrogens with zero attached hydrogens (tertiary/aromatic N) is 1. The van der Waals surface area contributed by atoms with Crippen molar-refractivity contribution in [2.45, 2.75) is 92.7 Å². The second kappa shape index (κ2) is 15.7. The van der Waals surface area contributed by atoms with E-state index < -0.39 is 5.97 Å². The summed E-state index contributed by atoms with van der Waals surface area (Å²) in [6, 6.07) is 27.6. The molecule has 0 fully saturated rings. The largest absolute Gasteiger partial charge is 0.481 e. The van der Waals surface area contributed by atoms with Gasteiger partial charge in [-0.1, -0.05) is 83.1 Å². The van der Waals surface area contributed by atoms with E-state index in [1.165, 1.54) is 22.3 Å². The van der Waals surface area contributed by atoms with Crippen molar-refractivity contribution in [2.24, 2.45) is 11.8 Å². The molecule has 0 spiro atoms. The van der Waals surface area contributed by atoms with Gasteiger partial charge in [0.05, 0.1) is 6.04 Å². The highest BCUT2D eigenvalue weighted by molar-refractivity contribution is 6.10. The third-order valence-corrected chi connectivity index (χ3v) is 8.39. The number of ketones is 1. The van der Waals surface area contributed by atoms with Gasteiger partial charge < -0.3 is 15.0 Å². The summed E-state index contributed by atoms with van der Waals surface area (Å²) in [5.74, 6) is 0.427. The molecular formula is C40H50N2O3. The molecule has 0 bridgehead atoms. The Kier molecular flexibility index (Phi) is 11.8. The van der Waals surface area contributed by atoms with Crippen molar-refractivity contribution in [2.75, 3.05) is 5.32 Å². The van der Waals surface area contributed by atoms with Crippen LogP contribution in [0.5, 0.6) is 0 Å². The minimum Gasteiger partial charge on any atom is -0.481 e. The van der Waals surface area contributed by atoms with Crippen LogP contribution in [0.25, 0.3) is 0 Å². The number of carbonyl (C=O) groups excluding carboxylic acids is 1. The predicted octanol–water partition coefficient (Wildman–Crippen LogP) is 9.31. The van der Waals surface area contributed by atoms with Crippen molar-refractivity contribution in [3.63, 3.8) is 0 Å². The van der Waals surface area contributed by atoms with Crippen LogP contribution >= 0.6 is 0 Å². The number of nitrogens with one attached hydrogen (secondary N) is 1. The minimum absolute atomic E-state index is 0.00289. The van der Waals surface area contributed by atoms with Crippen molar-refractivity contribution in [1.29, 1.82) is 0 Å². The van der Waals surface area contributed by atoms with Crippen LogP contribution in [0.1, 0.15) is 110 Å². The minimum atomic E-state index is -0.793. The van der Waals surface area contributed by atoms with E-state index in [1.54, 1.807) is 0 Å². The van der Waals surface area contributed by atoms with Crippen LogP contribution in [0.4, 0.5) is 5.69 Å². The molecule has 0 aliphatic carbocycles. The monoisotopic (exact) mass is 606 g/mol. The number of rotatable bonds is 16. The summed E-state index contributed by atoms with van der Waals surface area (Å²) in [4.78, 5) is 24.8. The summed E-state index contributed by atoms with van der Waals surface area (Å²) in [6.45, 7) is 13.9. The van der Waals surface area contributed by atoms with Crippen molar-refractivity contribution >= 4 is 17.4 Å². The van der Waals surface area contributed by atoms with Crippen molar-refractivity contribution in [3.05, 3.63) is 124 Å². The highest BCUT2D eigenvalue weighted by atomic mass is 16.4. The van der Waals surface area contributed by atoms with Gasteiger partial charge in [-0.15, -0.1) is 0 Å². The molecule has 5 heteroatoms. The molecule has 0 unspecified atom stereocenters. The van der Waals surface area contributed by atoms with Crippen LogP contribution in [0.3, 0.4) is 0 Å². The van der Waals surface area contributed by atoms with Gasteiger partial charge >= 0.3 is 5.97 Å². The Labute approximate surface area is 269 Å². The van der Waals surface area contributed by atoms with Crippen LogP contribution in [0, 0.1) is 11.8 Å². The second-order valence-electron chi connectivity index (χ2n) is 13.0. The zero-order chi connectivity index (χ0) is 32.5. The maximum absolute atomic E-state index is 13.8. The third kappa shape index (κ3) is 8.97. The third-order valence-electron chi connectivity index (χ3n) is 8.39. The number of hydrogen-bond acceptors (Lipinski definition) is 3. The molecule has 0 amide bonds. The summed E-state index contributed by atoms with van der Waals surface area (Å²) in [7, 11) is 0. The number of hydrogen-bond donors (Lipinski definition) is 2. The van der Waals surface area contributed by atoms with Gasteiger partial charge in [0.1, 0.15) is 0 Å². The van der Waals surface area contributed by atoms with Crippen LogP contribution in [0.15, 0.2) is 78.9 Å². The molecule has 0 aliphatic rings. The molecule has 45 heavy (non-hydrogen) atoms. The van der Waals surface area contributed by atoms with Gasteiger partial charge in [0.15, 0.2) is 5.78 Å². The Morgan fingerprint density at radius 1 is 0.778 bits per heavy atom. The van der Waals surface area contributed by atoms with E-state index in [0.717, 1.165) is 42.9 Å². The van der Waals surface area contributed by atoms with Crippen molar-refractivity contribution < 1.29 is 14.7 Å². The molecule has 1 heterocycles. The highest BCUT2D eigenvalue weighted by Gasteiger charge is 2.21. The lowest BCUT2D eigenvalue weighted by atomic mass is 9.93. The van der Waals surface area contributed by atoms with E-state index in [1.807, 2.05) is 30.3 Å². The average molecular weight is 607 g/mol. The first-order valence-corrected chi connectivity index (χ1v) is 16.6. The number of anilines is 1. The SMILES string of the molecule is CCc1c(C(=O)c2ccc(NC(c3ccc(CC(C)C)cc3)c3ccc(CC(C)C)cc3)cc2)cc(CCCC(=O)O)n1CC. The topological polar surface area (TPSA) is 71.3 Å². The van der Waals surface area contributed by atoms with E-state index in [-0.39, 0.29) is 18.2 Å². The first-order valence-electron chi connectivity index (χ1n) is 16.6. The average Bonchev–Trinajstić information content (AvgIpc) is 3.37. The van der Waals surface area contributed by atoms with E-state index in [2.05, 4.69) is 100.0 Å². The normalized spacial score (nSPS) is 11.5. The van der Waals surface area contributed by atoms with E-state index in [4.69, 9.17) is 5.11 Å². The second-order valence-corrected chi connectivity index (χ2v) is 13.0. The number of carboxylic acids is 1. The van der Waals surface area contributed by atoms with Crippen LogP contribution < -0.4 is 5.32 Å². The molecule has 0 atom stereocenters. The molecular weight excluding hydrogens is 556 g/mol. The van der Waals surface area contributed by atoms with Gasteiger partial charge in [0.2, 0.25) is 0 Å². The van der Waals surface area contributed by atoms with Gasteiger partial charge in [0.25, 0.3) is 0 Å². The van der Waals surface area contributed by atoms with Crippen LogP contribution in [-0.2, 0) is 37.0 Å². The van der Waals surface area contributed by atoms with Gasteiger partial charge in [0, 0.05) is 41.2 Å². The number of aromatic nitrogens is 1. The Hall–Kier alpha value is -4.12. The molecule has 0 saturated carbocycles. The summed E-state index contributed by atoms with van der Waals surface area (Å²) in [5.41, 5.74) is 9.43. The maximum Gasteiger partial charge on any atom is 0.303 e. The summed E-state index contributed by atoms with van der Waals surface area (Å²) < 4.78 is 2.18. The summed E-state index contributed by atoms with van der Waals surface area (Å²) >= 11 is 0. The molecule has 4 rings (SSSR count). The Morgan fingerprint density at radius 2 is 1.31 bits per heavy atom. The molecule has 1 aromatic heterocycles. The summed E-state index contributed by atoms with van der Waals surface area (Å²) in [5, 5.41) is 12.8. The Balaban J connectivity index is 1.59. The zero-order valence-electron chi connectivity index (χ0n) is 27.9. The fourth-order valence-corrected chi connectivity index (χ4v) is 6.28. The Bertz CT molecular complexity index is 1490. The van der Waals surface area contributed by atoms with Gasteiger partial charge in [-0.05, 0) is 103 Å². The molecule has 0 aliphatic heterocycles. The van der Waals surface area contributed by atoms with Gasteiger partial charge in [-0.3, -0.25) is 9.59 Å². The number of benzene rings is 3. The first-order chi connectivity index (χ1) is 21.6. The molecule has 5 nitrogen and oxygen atoms in total. The molecule has 2 N–H and O–H groups in total. The molecule has 3 aromatic carbocycles. The van der Waals surface area contributed by atoms with Crippen molar-refractivity contribution in [1.82, 2.24) is 4.57 Å². The zero-order valence-corrected chi connectivity index (χ0v) is 27.9. The number of aryl methyl sites for hydroxylation is 1. The fraction of sp³-hybridized carbons (Fsp3) is 0.400. The van der Waals surface area contributed by atoms with Crippen molar-refractivity contribution in [3.8, 4) is 0 Å². The van der Waals surface area contributed by atoms with Crippen LogP contribution in [-0.4, -0.2) is 21.4 Å². The lowest BCUT2D eigenvalue weighted by Gasteiger charge is -2.22. The molecule has 4 aromatic rings. The molecule has 238 valence electrons. The van der Waals surface area contributed by atoms with Crippen LogP contribution in [0.2, 0.25) is 0 Å². The van der Waals surface area contributed by atoms with E-state index in [9.17, 15) is 9.59 Å². The fourth-order valence-electron chi connectivity index (χ4n) is 6.28. The number of carboxylic acid groups (broad SMARTS) is 1. The quantitative estimate of drug-likeness (QED) is 0.125. The van der Waals surface area contributed by atoms with Gasteiger partial charge in [-0.2, -0.15) is 0 Å². The maximum atomic E-state index is 13.8. The van der Waals surface area contributed by atoms with E-state index in [0.29, 0.717) is 35.8 Å². The smallest absolute Gasteiger partial charge is 0.303 e. The molecule has 0 saturated heterocycles. The lowest BCUT2D eigenvalue weighted by molar-refractivity contribution is -0.137.